The van der Waals surface area contributed by atoms with Gasteiger partial charge in [-0.15, -0.1) is 24.2 Å². The van der Waals surface area contributed by atoms with Gasteiger partial charge in [0, 0.05) is 31.0 Å². The highest BCUT2D eigenvalue weighted by Gasteiger charge is 2.24. The summed E-state index contributed by atoms with van der Waals surface area (Å²) in [4.78, 5) is 24.8. The van der Waals surface area contributed by atoms with Crippen LogP contribution >= 0.6 is 24.2 Å². The van der Waals surface area contributed by atoms with Crippen molar-refractivity contribution in [3.05, 3.63) is 33.9 Å². The number of likely N-dealkylation sites (tertiary alicyclic amines) is 1. The van der Waals surface area contributed by atoms with Crippen molar-refractivity contribution in [1.29, 1.82) is 0 Å². The number of nitro groups is 1. The third-order valence-electron chi connectivity index (χ3n) is 4.57. The summed E-state index contributed by atoms with van der Waals surface area (Å²) < 4.78 is 4.99. The molecule has 26 heavy (non-hydrogen) atoms. The van der Waals surface area contributed by atoms with Gasteiger partial charge in [0.25, 0.3) is 0 Å². The summed E-state index contributed by atoms with van der Waals surface area (Å²) in [6, 6.07) is 5.06. The number of piperidine rings is 1. The number of halogens is 1. The van der Waals surface area contributed by atoms with Crippen LogP contribution in [0.1, 0.15) is 25.3 Å². The number of thioether (sulfide) groups is 1. The molecule has 1 fully saturated rings. The summed E-state index contributed by atoms with van der Waals surface area (Å²) in [5.74, 6) is 1.79. The second-order valence-electron chi connectivity index (χ2n) is 6.33. The molecule has 1 aliphatic rings. The molecule has 1 atom stereocenters. The van der Waals surface area contributed by atoms with Crippen LogP contribution in [0.3, 0.4) is 0 Å². The highest BCUT2D eigenvalue weighted by molar-refractivity contribution is 7.99. The lowest BCUT2D eigenvalue weighted by Crippen LogP contribution is -2.43. The molecule has 1 aromatic rings. The molecule has 146 valence electrons. The third kappa shape index (κ3) is 6.03. The summed E-state index contributed by atoms with van der Waals surface area (Å²) in [6.07, 6.45) is 1.91. The van der Waals surface area contributed by atoms with Crippen LogP contribution in [0, 0.1) is 16.0 Å². The Balaban J connectivity index is 0.00000338. The maximum absolute atomic E-state index is 12.3. The molecular weight excluding hydrogens is 378 g/mol. The highest BCUT2D eigenvalue weighted by atomic mass is 35.5. The van der Waals surface area contributed by atoms with Crippen LogP contribution < -0.4 is 10.5 Å². The molecule has 0 spiro atoms. The summed E-state index contributed by atoms with van der Waals surface area (Å²) >= 11 is 1.47. The normalized spacial score (nSPS) is 15.9. The van der Waals surface area contributed by atoms with Crippen LogP contribution in [0.15, 0.2) is 18.2 Å². The van der Waals surface area contributed by atoms with Gasteiger partial charge in [-0.3, -0.25) is 14.9 Å². The van der Waals surface area contributed by atoms with Crippen LogP contribution in [0.25, 0.3) is 0 Å². The van der Waals surface area contributed by atoms with E-state index in [0.29, 0.717) is 17.4 Å². The van der Waals surface area contributed by atoms with E-state index in [1.807, 2.05) is 11.8 Å². The summed E-state index contributed by atoms with van der Waals surface area (Å²) in [6.45, 7) is 3.55. The fraction of sp³-hybridized carbons (Fsp3) is 0.588. The molecule has 1 amide bonds. The van der Waals surface area contributed by atoms with Crippen LogP contribution in [0.5, 0.6) is 5.75 Å². The minimum Gasteiger partial charge on any atom is -0.490 e. The van der Waals surface area contributed by atoms with Crippen molar-refractivity contribution in [2.45, 2.75) is 31.6 Å². The van der Waals surface area contributed by atoms with E-state index in [9.17, 15) is 14.9 Å². The van der Waals surface area contributed by atoms with Crippen molar-refractivity contribution in [3.8, 4) is 5.75 Å². The molecule has 0 saturated carbocycles. The van der Waals surface area contributed by atoms with Gasteiger partial charge in [0.05, 0.1) is 17.8 Å². The molecule has 0 radical (unpaired) electrons. The van der Waals surface area contributed by atoms with Crippen LogP contribution in [0.4, 0.5) is 5.69 Å². The Morgan fingerprint density at radius 3 is 2.65 bits per heavy atom. The molecule has 1 heterocycles. The number of carbonyl (C=O) groups excluding carboxylic acids is 1. The van der Waals surface area contributed by atoms with E-state index in [-0.39, 0.29) is 35.8 Å². The van der Waals surface area contributed by atoms with Gasteiger partial charge < -0.3 is 15.4 Å². The Morgan fingerprint density at radius 2 is 2.12 bits per heavy atom. The maximum Gasteiger partial charge on any atom is 0.311 e. The Kier molecular flexibility index (Phi) is 9.18. The van der Waals surface area contributed by atoms with E-state index in [2.05, 4.69) is 0 Å². The van der Waals surface area contributed by atoms with Crippen molar-refractivity contribution in [2.75, 3.05) is 26.0 Å². The number of methoxy groups -OCH3 is 1. The average Bonchev–Trinajstić information content (AvgIpc) is 2.61. The zero-order chi connectivity index (χ0) is 18.4. The Labute approximate surface area is 164 Å². The molecule has 1 unspecified atom stereocenters. The first-order valence-corrected chi connectivity index (χ1v) is 9.50. The molecule has 0 aromatic heterocycles. The smallest absolute Gasteiger partial charge is 0.311 e. The molecule has 2 N–H and O–H groups in total. The lowest BCUT2D eigenvalue weighted by Gasteiger charge is -2.33. The topological polar surface area (TPSA) is 98.7 Å². The second-order valence-corrected chi connectivity index (χ2v) is 7.32. The Bertz CT molecular complexity index is 622. The number of hydrogen-bond acceptors (Lipinski definition) is 6. The fourth-order valence-corrected chi connectivity index (χ4v) is 3.86. The number of hydrogen-bond donors (Lipinski definition) is 1. The van der Waals surface area contributed by atoms with E-state index in [4.69, 9.17) is 10.5 Å². The van der Waals surface area contributed by atoms with Gasteiger partial charge in [-0.25, -0.2) is 0 Å². The number of benzene rings is 1. The summed E-state index contributed by atoms with van der Waals surface area (Å²) in [7, 11) is 1.41. The van der Waals surface area contributed by atoms with E-state index >= 15 is 0 Å². The standard InChI is InChI=1S/C17H25N3O4S.ClH/c1-12(18)14-5-7-19(8-6-14)17(21)11-25-10-13-3-4-16(24-2)15(9-13)20(22)23;/h3-4,9,12,14H,5-8,10-11,18H2,1-2H3;1H. The van der Waals surface area contributed by atoms with Crippen LogP contribution in [0.2, 0.25) is 0 Å². The molecule has 7 nitrogen and oxygen atoms in total. The number of nitro benzene ring substituents is 1. The highest BCUT2D eigenvalue weighted by Crippen LogP contribution is 2.29. The quantitative estimate of drug-likeness (QED) is 0.555. The zero-order valence-electron chi connectivity index (χ0n) is 15.1. The van der Waals surface area contributed by atoms with Gasteiger partial charge in [-0.05, 0) is 37.3 Å². The summed E-state index contributed by atoms with van der Waals surface area (Å²) in [5.41, 5.74) is 6.68. The van der Waals surface area contributed by atoms with Crippen molar-refractivity contribution < 1.29 is 14.5 Å². The van der Waals surface area contributed by atoms with Gasteiger partial charge in [-0.1, -0.05) is 6.07 Å². The average molecular weight is 404 g/mol. The number of nitrogens with two attached hydrogens (primary N) is 1. The maximum atomic E-state index is 12.3. The molecule has 2 rings (SSSR count). The fourth-order valence-electron chi connectivity index (χ4n) is 2.99. The van der Waals surface area contributed by atoms with Gasteiger partial charge in [0.1, 0.15) is 0 Å². The number of amides is 1. The van der Waals surface area contributed by atoms with Crippen molar-refractivity contribution in [2.24, 2.45) is 11.7 Å². The van der Waals surface area contributed by atoms with Gasteiger partial charge in [0.15, 0.2) is 5.75 Å². The molecular formula is C17H26ClN3O4S. The van der Waals surface area contributed by atoms with Crippen molar-refractivity contribution in [3.63, 3.8) is 0 Å². The van der Waals surface area contributed by atoms with E-state index in [1.165, 1.54) is 24.9 Å². The first-order valence-electron chi connectivity index (χ1n) is 8.34. The molecule has 1 aliphatic heterocycles. The lowest BCUT2D eigenvalue weighted by molar-refractivity contribution is -0.385. The number of rotatable bonds is 7. The molecule has 0 bridgehead atoms. The van der Waals surface area contributed by atoms with Crippen molar-refractivity contribution >= 4 is 35.8 Å². The van der Waals surface area contributed by atoms with E-state index in [1.54, 1.807) is 12.1 Å². The van der Waals surface area contributed by atoms with Crippen LogP contribution in [-0.2, 0) is 10.5 Å². The lowest BCUT2D eigenvalue weighted by atomic mass is 9.91. The first-order chi connectivity index (χ1) is 11.9. The molecule has 1 saturated heterocycles. The van der Waals surface area contributed by atoms with Gasteiger partial charge in [-0.2, -0.15) is 0 Å². The Hall–Kier alpha value is -1.51. The molecule has 9 heteroatoms. The van der Waals surface area contributed by atoms with E-state index in [0.717, 1.165) is 31.5 Å². The summed E-state index contributed by atoms with van der Waals surface area (Å²) in [5, 5.41) is 11.0. The first kappa shape index (κ1) is 22.5. The largest absolute Gasteiger partial charge is 0.490 e. The van der Waals surface area contributed by atoms with Gasteiger partial charge in [0.2, 0.25) is 5.91 Å². The SMILES string of the molecule is COc1ccc(CSCC(=O)N2CCC(C(C)N)CC2)cc1[N+](=O)[O-].Cl. The zero-order valence-corrected chi connectivity index (χ0v) is 16.7. The number of nitrogens with zero attached hydrogens (tertiary/aromatic N) is 2. The predicted molar refractivity (Wildman–Crippen MR) is 106 cm³/mol. The van der Waals surface area contributed by atoms with Crippen LogP contribution in [-0.4, -0.2) is 47.7 Å². The predicted octanol–water partition coefficient (Wildman–Crippen LogP) is 2.84. The van der Waals surface area contributed by atoms with E-state index < -0.39 is 4.92 Å². The molecule has 0 aliphatic carbocycles. The number of carbonyl (C=O) groups is 1. The third-order valence-corrected chi connectivity index (χ3v) is 5.56. The van der Waals surface area contributed by atoms with Crippen molar-refractivity contribution in [1.82, 2.24) is 4.90 Å². The monoisotopic (exact) mass is 403 g/mol. The van der Waals surface area contributed by atoms with Gasteiger partial charge >= 0.3 is 5.69 Å². The minimum atomic E-state index is -0.458. The second kappa shape index (κ2) is 10.6. The molecule has 1 aromatic carbocycles. The minimum absolute atomic E-state index is 0. The number of ether oxygens (including phenoxy) is 1. The Morgan fingerprint density at radius 1 is 1.46 bits per heavy atom.